The highest BCUT2D eigenvalue weighted by molar-refractivity contribution is 5.28. The van der Waals surface area contributed by atoms with Crippen LogP contribution in [0.5, 0.6) is 5.75 Å². The summed E-state index contributed by atoms with van der Waals surface area (Å²) in [5.74, 6) is 1.57. The SMILES string of the molecule is CC(C)COc1cccc(CNC2CCCCC2)c1. The minimum Gasteiger partial charge on any atom is -0.493 e. The predicted octanol–water partition coefficient (Wildman–Crippen LogP) is 4.14. The third-order valence-electron chi connectivity index (χ3n) is 3.68. The fourth-order valence-electron chi connectivity index (χ4n) is 2.58. The molecule has 1 saturated carbocycles. The van der Waals surface area contributed by atoms with Crippen LogP contribution in [0.1, 0.15) is 51.5 Å². The third kappa shape index (κ3) is 5.23. The minimum absolute atomic E-state index is 0.573. The molecule has 0 aromatic heterocycles. The van der Waals surface area contributed by atoms with E-state index >= 15 is 0 Å². The largest absolute Gasteiger partial charge is 0.493 e. The molecule has 0 saturated heterocycles. The summed E-state index contributed by atoms with van der Waals surface area (Å²) in [6.07, 6.45) is 6.86. The number of benzene rings is 1. The Kier molecular flexibility index (Phi) is 5.71. The molecule has 0 atom stereocenters. The van der Waals surface area contributed by atoms with Gasteiger partial charge in [0.15, 0.2) is 0 Å². The van der Waals surface area contributed by atoms with E-state index in [2.05, 4.69) is 37.4 Å². The number of hydrogen-bond acceptors (Lipinski definition) is 2. The van der Waals surface area contributed by atoms with E-state index in [0.29, 0.717) is 12.0 Å². The summed E-state index contributed by atoms with van der Waals surface area (Å²) >= 11 is 0. The first-order valence-electron chi connectivity index (χ1n) is 7.69. The van der Waals surface area contributed by atoms with Crippen LogP contribution in [0.25, 0.3) is 0 Å². The summed E-state index contributed by atoms with van der Waals surface area (Å²) in [5.41, 5.74) is 1.33. The second kappa shape index (κ2) is 7.54. The molecule has 0 amide bonds. The first kappa shape index (κ1) is 14.4. The first-order chi connectivity index (χ1) is 9.24. The van der Waals surface area contributed by atoms with Gasteiger partial charge in [-0.25, -0.2) is 0 Å². The van der Waals surface area contributed by atoms with E-state index in [0.717, 1.165) is 18.9 Å². The van der Waals surface area contributed by atoms with Crippen molar-refractivity contribution < 1.29 is 4.74 Å². The van der Waals surface area contributed by atoms with Crippen molar-refractivity contribution in [3.63, 3.8) is 0 Å². The molecule has 2 nitrogen and oxygen atoms in total. The molecule has 0 aliphatic heterocycles. The molecule has 1 N–H and O–H groups in total. The van der Waals surface area contributed by atoms with Gasteiger partial charge in [0.05, 0.1) is 6.61 Å². The van der Waals surface area contributed by atoms with Crippen molar-refractivity contribution in [2.75, 3.05) is 6.61 Å². The highest BCUT2D eigenvalue weighted by atomic mass is 16.5. The van der Waals surface area contributed by atoms with Gasteiger partial charge >= 0.3 is 0 Å². The Labute approximate surface area is 117 Å². The maximum absolute atomic E-state index is 5.77. The topological polar surface area (TPSA) is 21.3 Å². The van der Waals surface area contributed by atoms with Crippen molar-refractivity contribution in [3.05, 3.63) is 29.8 Å². The van der Waals surface area contributed by atoms with Gasteiger partial charge in [-0.05, 0) is 36.5 Å². The van der Waals surface area contributed by atoms with E-state index in [-0.39, 0.29) is 0 Å². The first-order valence-corrected chi connectivity index (χ1v) is 7.69. The third-order valence-corrected chi connectivity index (χ3v) is 3.68. The number of ether oxygens (including phenoxy) is 1. The average molecular weight is 261 g/mol. The van der Waals surface area contributed by atoms with E-state index in [1.54, 1.807) is 0 Å². The molecule has 1 aliphatic carbocycles. The standard InChI is InChI=1S/C17H27NO/c1-14(2)13-19-17-10-6-7-15(11-17)12-18-16-8-4-3-5-9-16/h6-7,10-11,14,16,18H,3-5,8-9,12-13H2,1-2H3. The molecule has 0 spiro atoms. The fraction of sp³-hybridized carbons (Fsp3) is 0.647. The highest BCUT2D eigenvalue weighted by Gasteiger charge is 2.12. The highest BCUT2D eigenvalue weighted by Crippen LogP contribution is 2.19. The van der Waals surface area contributed by atoms with E-state index in [1.807, 2.05) is 6.07 Å². The number of hydrogen-bond donors (Lipinski definition) is 1. The molecule has 0 radical (unpaired) electrons. The Bertz CT molecular complexity index is 369. The zero-order valence-corrected chi connectivity index (χ0v) is 12.3. The van der Waals surface area contributed by atoms with E-state index in [9.17, 15) is 0 Å². The van der Waals surface area contributed by atoms with Crippen molar-refractivity contribution in [1.29, 1.82) is 0 Å². The molecule has 106 valence electrons. The van der Waals surface area contributed by atoms with Crippen LogP contribution < -0.4 is 10.1 Å². The van der Waals surface area contributed by atoms with Crippen molar-refractivity contribution in [3.8, 4) is 5.75 Å². The summed E-state index contributed by atoms with van der Waals surface area (Å²) in [6, 6.07) is 9.20. The van der Waals surface area contributed by atoms with Gasteiger partial charge < -0.3 is 10.1 Å². The molecule has 0 bridgehead atoms. The Morgan fingerprint density at radius 1 is 1.21 bits per heavy atom. The molecule has 1 fully saturated rings. The quantitative estimate of drug-likeness (QED) is 0.831. The van der Waals surface area contributed by atoms with Gasteiger partial charge in [0.1, 0.15) is 5.75 Å². The molecule has 1 aromatic rings. The van der Waals surface area contributed by atoms with Crippen LogP contribution in [0, 0.1) is 5.92 Å². The van der Waals surface area contributed by atoms with Crippen molar-refractivity contribution >= 4 is 0 Å². The molecule has 0 heterocycles. The lowest BCUT2D eigenvalue weighted by molar-refractivity contribution is 0.270. The summed E-state index contributed by atoms with van der Waals surface area (Å²) in [5, 5.41) is 3.67. The summed E-state index contributed by atoms with van der Waals surface area (Å²) in [6.45, 7) is 6.10. The monoisotopic (exact) mass is 261 g/mol. The van der Waals surface area contributed by atoms with E-state index in [4.69, 9.17) is 4.74 Å². The Morgan fingerprint density at radius 3 is 2.74 bits per heavy atom. The minimum atomic E-state index is 0.573. The van der Waals surface area contributed by atoms with Gasteiger partial charge in [-0.3, -0.25) is 0 Å². The van der Waals surface area contributed by atoms with Gasteiger partial charge in [-0.15, -0.1) is 0 Å². The van der Waals surface area contributed by atoms with Crippen LogP contribution in [0.3, 0.4) is 0 Å². The van der Waals surface area contributed by atoms with Gasteiger partial charge in [0.2, 0.25) is 0 Å². The maximum atomic E-state index is 5.77. The van der Waals surface area contributed by atoms with Gasteiger partial charge in [0.25, 0.3) is 0 Å². The molecular formula is C17H27NO. The van der Waals surface area contributed by atoms with Gasteiger partial charge in [-0.2, -0.15) is 0 Å². The van der Waals surface area contributed by atoms with Crippen LogP contribution in [0.2, 0.25) is 0 Å². The Balaban J connectivity index is 1.80. The number of rotatable bonds is 6. The molecule has 19 heavy (non-hydrogen) atoms. The van der Waals surface area contributed by atoms with Crippen LogP contribution in [-0.4, -0.2) is 12.6 Å². The van der Waals surface area contributed by atoms with Crippen molar-refractivity contribution in [2.24, 2.45) is 5.92 Å². The normalized spacial score (nSPS) is 16.8. The van der Waals surface area contributed by atoms with E-state index in [1.165, 1.54) is 37.7 Å². The summed E-state index contributed by atoms with van der Waals surface area (Å²) in [4.78, 5) is 0. The molecule has 2 heteroatoms. The molecule has 0 unspecified atom stereocenters. The fourth-order valence-corrected chi connectivity index (χ4v) is 2.58. The smallest absolute Gasteiger partial charge is 0.119 e. The molecule has 2 rings (SSSR count). The van der Waals surface area contributed by atoms with Crippen LogP contribution in [0.15, 0.2) is 24.3 Å². The molecular weight excluding hydrogens is 234 g/mol. The average Bonchev–Trinajstić information content (AvgIpc) is 2.44. The second-order valence-corrected chi connectivity index (χ2v) is 6.07. The second-order valence-electron chi connectivity index (χ2n) is 6.07. The predicted molar refractivity (Wildman–Crippen MR) is 80.5 cm³/mol. The molecule has 1 aliphatic rings. The van der Waals surface area contributed by atoms with Gasteiger partial charge in [0, 0.05) is 12.6 Å². The Hall–Kier alpha value is -1.02. The van der Waals surface area contributed by atoms with Crippen LogP contribution in [-0.2, 0) is 6.54 Å². The van der Waals surface area contributed by atoms with Crippen molar-refractivity contribution in [2.45, 2.75) is 58.5 Å². The van der Waals surface area contributed by atoms with Crippen LogP contribution in [0.4, 0.5) is 0 Å². The van der Waals surface area contributed by atoms with Gasteiger partial charge in [-0.1, -0.05) is 45.2 Å². The van der Waals surface area contributed by atoms with Crippen LogP contribution >= 0.6 is 0 Å². The maximum Gasteiger partial charge on any atom is 0.119 e. The number of nitrogens with one attached hydrogen (secondary N) is 1. The zero-order valence-electron chi connectivity index (χ0n) is 12.3. The lowest BCUT2D eigenvalue weighted by Gasteiger charge is -2.23. The Morgan fingerprint density at radius 2 is 2.00 bits per heavy atom. The summed E-state index contributed by atoms with van der Waals surface area (Å²) < 4.78 is 5.77. The van der Waals surface area contributed by atoms with E-state index < -0.39 is 0 Å². The zero-order chi connectivity index (χ0) is 13.5. The lowest BCUT2D eigenvalue weighted by Crippen LogP contribution is -2.30. The molecule has 1 aromatic carbocycles. The lowest BCUT2D eigenvalue weighted by atomic mass is 9.95. The van der Waals surface area contributed by atoms with Crippen molar-refractivity contribution in [1.82, 2.24) is 5.32 Å². The summed E-state index contributed by atoms with van der Waals surface area (Å²) in [7, 11) is 0.